The van der Waals surface area contributed by atoms with Crippen molar-refractivity contribution >= 4 is 5.90 Å². The molecule has 0 aromatic rings. The van der Waals surface area contributed by atoms with Crippen molar-refractivity contribution in [1.29, 1.82) is 5.26 Å². The molecule has 0 N–H and O–H groups in total. The first-order valence-corrected chi connectivity index (χ1v) is 2.87. The molecule has 0 radical (unpaired) electrons. The molecule has 0 fully saturated rings. The number of nitriles is 1. The molecular formula is C6H8N2O. The largest absolute Gasteiger partial charge is 0.479 e. The third-order valence-corrected chi connectivity index (χ3v) is 1.18. The summed E-state index contributed by atoms with van der Waals surface area (Å²) in [5, 5.41) is 8.24. The first-order chi connectivity index (χ1) is 4.33. The summed E-state index contributed by atoms with van der Waals surface area (Å²) in [7, 11) is 0. The van der Waals surface area contributed by atoms with Crippen LogP contribution in [-0.4, -0.2) is 18.5 Å². The van der Waals surface area contributed by atoms with Crippen LogP contribution >= 0.6 is 0 Å². The summed E-state index contributed by atoms with van der Waals surface area (Å²) < 4.78 is 5.02. The van der Waals surface area contributed by atoms with E-state index in [1.54, 1.807) is 6.92 Å². The first kappa shape index (κ1) is 6.09. The van der Waals surface area contributed by atoms with Crippen LogP contribution in [0.15, 0.2) is 4.99 Å². The average Bonchev–Trinajstić information content (AvgIpc) is 2.17. The van der Waals surface area contributed by atoms with Crippen molar-refractivity contribution in [1.82, 2.24) is 0 Å². The van der Waals surface area contributed by atoms with Crippen LogP contribution in [0.1, 0.15) is 13.3 Å². The molecule has 1 unspecified atom stereocenters. The van der Waals surface area contributed by atoms with Gasteiger partial charge in [0.15, 0.2) is 5.90 Å². The summed E-state index contributed by atoms with van der Waals surface area (Å²) >= 11 is 0. The molecular weight excluding hydrogens is 116 g/mol. The van der Waals surface area contributed by atoms with E-state index in [0.29, 0.717) is 18.9 Å². The maximum atomic E-state index is 8.24. The van der Waals surface area contributed by atoms with E-state index in [4.69, 9.17) is 10.00 Å². The fourth-order valence-corrected chi connectivity index (χ4v) is 0.758. The maximum Gasteiger partial charge on any atom is 0.180 e. The molecule has 0 aromatic carbocycles. The lowest BCUT2D eigenvalue weighted by Crippen LogP contribution is -2.03. The van der Waals surface area contributed by atoms with Gasteiger partial charge in [-0.25, -0.2) is 4.99 Å². The van der Waals surface area contributed by atoms with Gasteiger partial charge in [0, 0.05) is 6.92 Å². The minimum atomic E-state index is 0.0926. The molecule has 1 heterocycles. The Morgan fingerprint density at radius 3 is 3.22 bits per heavy atom. The minimum Gasteiger partial charge on any atom is -0.479 e. The van der Waals surface area contributed by atoms with Crippen LogP contribution in [-0.2, 0) is 4.74 Å². The number of rotatable bonds is 1. The lowest BCUT2D eigenvalue weighted by atomic mass is 10.2. The standard InChI is InChI=1S/C6H8N2O/c1-5-8-6(2-3-7)4-9-5/h6H,2,4H2,1H3. The highest BCUT2D eigenvalue weighted by Gasteiger charge is 2.14. The van der Waals surface area contributed by atoms with E-state index < -0.39 is 0 Å². The number of aliphatic imine (C=N–C) groups is 1. The molecule has 0 aromatic heterocycles. The Hall–Kier alpha value is -1.04. The summed E-state index contributed by atoms with van der Waals surface area (Å²) in [6.07, 6.45) is 0.470. The van der Waals surface area contributed by atoms with Gasteiger partial charge in [0.25, 0.3) is 0 Å². The maximum absolute atomic E-state index is 8.24. The first-order valence-electron chi connectivity index (χ1n) is 2.87. The number of nitrogens with zero attached hydrogens (tertiary/aromatic N) is 2. The summed E-state index contributed by atoms with van der Waals surface area (Å²) in [5.74, 6) is 0.704. The van der Waals surface area contributed by atoms with Gasteiger partial charge in [0.2, 0.25) is 0 Å². The highest BCUT2D eigenvalue weighted by Crippen LogP contribution is 2.06. The third-order valence-electron chi connectivity index (χ3n) is 1.18. The molecule has 3 nitrogen and oxygen atoms in total. The molecule has 0 amide bonds. The zero-order valence-corrected chi connectivity index (χ0v) is 5.29. The van der Waals surface area contributed by atoms with Gasteiger partial charge in [-0.15, -0.1) is 0 Å². The van der Waals surface area contributed by atoms with Crippen molar-refractivity contribution in [2.45, 2.75) is 19.4 Å². The lowest BCUT2D eigenvalue weighted by Gasteiger charge is -1.94. The predicted octanol–water partition coefficient (Wildman–Crippen LogP) is 0.717. The van der Waals surface area contributed by atoms with Gasteiger partial charge in [-0.2, -0.15) is 5.26 Å². The molecule has 0 saturated heterocycles. The summed E-state index contributed by atoms with van der Waals surface area (Å²) in [5.41, 5.74) is 0. The lowest BCUT2D eigenvalue weighted by molar-refractivity contribution is 0.316. The van der Waals surface area contributed by atoms with Crippen molar-refractivity contribution < 1.29 is 4.74 Å². The molecule has 1 aliphatic rings. The van der Waals surface area contributed by atoms with Gasteiger partial charge in [0.05, 0.1) is 12.5 Å². The van der Waals surface area contributed by atoms with Gasteiger partial charge < -0.3 is 4.74 Å². The Kier molecular flexibility index (Phi) is 1.69. The highest BCUT2D eigenvalue weighted by atomic mass is 16.5. The van der Waals surface area contributed by atoms with Crippen molar-refractivity contribution in [2.75, 3.05) is 6.61 Å². The van der Waals surface area contributed by atoms with E-state index in [2.05, 4.69) is 4.99 Å². The fraction of sp³-hybridized carbons (Fsp3) is 0.667. The molecule has 3 heteroatoms. The molecule has 0 spiro atoms. The average molecular weight is 124 g/mol. The second kappa shape index (κ2) is 2.49. The topological polar surface area (TPSA) is 45.4 Å². The zero-order chi connectivity index (χ0) is 6.69. The van der Waals surface area contributed by atoms with E-state index in [-0.39, 0.29) is 6.04 Å². The summed E-state index contributed by atoms with van der Waals surface area (Å²) in [4.78, 5) is 4.05. The SMILES string of the molecule is CC1=NC(CC#N)CO1. The Morgan fingerprint density at radius 1 is 2.00 bits per heavy atom. The number of hydrogen-bond donors (Lipinski definition) is 0. The van der Waals surface area contributed by atoms with E-state index >= 15 is 0 Å². The zero-order valence-electron chi connectivity index (χ0n) is 5.29. The third kappa shape index (κ3) is 1.43. The van der Waals surface area contributed by atoms with Crippen LogP contribution in [0, 0.1) is 11.3 Å². The quantitative estimate of drug-likeness (QED) is 0.517. The second-order valence-electron chi connectivity index (χ2n) is 1.98. The monoisotopic (exact) mass is 124 g/mol. The molecule has 1 rings (SSSR count). The van der Waals surface area contributed by atoms with E-state index in [1.165, 1.54) is 0 Å². The van der Waals surface area contributed by atoms with Gasteiger partial charge >= 0.3 is 0 Å². The highest BCUT2D eigenvalue weighted by molar-refractivity contribution is 5.74. The van der Waals surface area contributed by atoms with Crippen LogP contribution in [0.3, 0.4) is 0 Å². The summed E-state index contributed by atoms with van der Waals surface area (Å²) in [6.45, 7) is 2.39. The van der Waals surface area contributed by atoms with Crippen molar-refractivity contribution in [3.63, 3.8) is 0 Å². The normalized spacial score (nSPS) is 24.4. The number of ether oxygens (including phenoxy) is 1. The summed E-state index contributed by atoms with van der Waals surface area (Å²) in [6, 6.07) is 2.14. The van der Waals surface area contributed by atoms with Crippen molar-refractivity contribution in [2.24, 2.45) is 4.99 Å². The minimum absolute atomic E-state index is 0.0926. The van der Waals surface area contributed by atoms with Crippen molar-refractivity contribution in [3.05, 3.63) is 0 Å². The van der Waals surface area contributed by atoms with Gasteiger partial charge in [-0.1, -0.05) is 0 Å². The molecule has 9 heavy (non-hydrogen) atoms. The van der Waals surface area contributed by atoms with Crippen LogP contribution in [0.2, 0.25) is 0 Å². The van der Waals surface area contributed by atoms with Gasteiger partial charge in [-0.3, -0.25) is 0 Å². The Bertz CT molecular complexity index is 168. The van der Waals surface area contributed by atoms with E-state index in [1.807, 2.05) is 6.07 Å². The number of hydrogen-bond acceptors (Lipinski definition) is 3. The smallest absolute Gasteiger partial charge is 0.180 e. The van der Waals surface area contributed by atoms with Crippen molar-refractivity contribution in [3.8, 4) is 6.07 Å². The second-order valence-corrected chi connectivity index (χ2v) is 1.98. The Balaban J connectivity index is 2.40. The molecule has 0 bridgehead atoms. The van der Waals surface area contributed by atoms with E-state index in [9.17, 15) is 0 Å². The fourth-order valence-electron chi connectivity index (χ4n) is 0.758. The Labute approximate surface area is 54.0 Å². The Morgan fingerprint density at radius 2 is 2.78 bits per heavy atom. The van der Waals surface area contributed by atoms with Gasteiger partial charge in [0.1, 0.15) is 12.6 Å². The predicted molar refractivity (Wildman–Crippen MR) is 33.1 cm³/mol. The molecule has 1 atom stereocenters. The van der Waals surface area contributed by atoms with Crippen LogP contribution in [0.5, 0.6) is 0 Å². The molecule has 1 aliphatic heterocycles. The van der Waals surface area contributed by atoms with Crippen LogP contribution in [0.4, 0.5) is 0 Å². The molecule has 48 valence electrons. The molecule has 0 saturated carbocycles. The van der Waals surface area contributed by atoms with E-state index in [0.717, 1.165) is 0 Å². The molecule has 0 aliphatic carbocycles. The van der Waals surface area contributed by atoms with Crippen LogP contribution in [0.25, 0.3) is 0 Å². The van der Waals surface area contributed by atoms with Gasteiger partial charge in [-0.05, 0) is 0 Å². The van der Waals surface area contributed by atoms with Crippen LogP contribution < -0.4 is 0 Å².